The van der Waals surface area contributed by atoms with Gasteiger partial charge in [-0.15, -0.1) is 6.42 Å². The van der Waals surface area contributed by atoms with Crippen LogP contribution in [0.3, 0.4) is 0 Å². The van der Waals surface area contributed by atoms with Crippen molar-refractivity contribution in [3.05, 3.63) is 12.2 Å². The second-order valence-electron chi connectivity index (χ2n) is 16.9. The van der Waals surface area contributed by atoms with Gasteiger partial charge in [-0.25, -0.2) is 0 Å². The average molecular weight is 746 g/mol. The Morgan fingerprint density at radius 2 is 1.17 bits per heavy atom. The highest BCUT2D eigenvalue weighted by molar-refractivity contribution is 6.64. The second-order valence-corrected chi connectivity index (χ2v) is 20.2. The molecule has 1 unspecified atom stereocenters. The van der Waals surface area contributed by atoms with Crippen LogP contribution in [-0.4, -0.2) is 53.1 Å². The third-order valence-corrected chi connectivity index (χ3v) is 12.9. The first kappa shape index (κ1) is 49.4. The fourth-order valence-electron chi connectivity index (χ4n) is 7.76. The van der Waals surface area contributed by atoms with Crippen molar-refractivity contribution in [2.75, 3.05) is 33.4 Å². The Kier molecular flexibility index (Phi) is 35.4. The van der Waals surface area contributed by atoms with Crippen LogP contribution in [0.2, 0.25) is 13.1 Å². The van der Waals surface area contributed by atoms with E-state index in [0.29, 0.717) is 0 Å². The van der Waals surface area contributed by atoms with E-state index in [0.717, 1.165) is 51.5 Å². The third-order valence-electron chi connectivity index (χ3n) is 11.1. The SMILES string of the molecule is C#CCN(C)CCCCCCO[Si](C)(C)OC(CCCCCCC/C=C\CCCCCCCC)OCCCCCCCCCCCC1CCCCC1. The molecular formula is C47H91NO3Si. The zero-order chi connectivity index (χ0) is 37.6. The van der Waals surface area contributed by atoms with E-state index in [9.17, 15) is 0 Å². The monoisotopic (exact) mass is 746 g/mol. The van der Waals surface area contributed by atoms with Gasteiger partial charge in [-0.3, -0.25) is 4.90 Å². The summed E-state index contributed by atoms with van der Waals surface area (Å²) in [5.41, 5.74) is 0. The zero-order valence-electron chi connectivity index (χ0n) is 35.7. The first-order valence-corrected chi connectivity index (χ1v) is 26.0. The van der Waals surface area contributed by atoms with E-state index in [2.05, 4.69) is 50.0 Å². The van der Waals surface area contributed by atoms with Gasteiger partial charge in [0, 0.05) is 13.2 Å². The standard InChI is InChI=1S/C47H91NO3Si/c1-6-8-9-10-11-12-13-14-15-16-17-20-23-26-34-41-47(51-52(4,5)50-45-37-29-27-35-43-48(3)42-7-2)49-44-36-28-24-21-18-19-22-25-31-38-46-39-32-30-33-40-46/h2,14-15,46-47H,6,8-13,16-45H2,1,3-5H3/b15-14-. The van der Waals surface area contributed by atoms with Crippen LogP contribution in [0, 0.1) is 18.3 Å². The molecule has 1 saturated carbocycles. The minimum atomic E-state index is -2.25. The van der Waals surface area contributed by atoms with Crippen LogP contribution in [0.5, 0.6) is 0 Å². The maximum absolute atomic E-state index is 6.63. The fraction of sp³-hybridized carbons (Fsp3) is 0.915. The predicted molar refractivity (Wildman–Crippen MR) is 231 cm³/mol. The molecule has 0 bridgehead atoms. The van der Waals surface area contributed by atoms with Gasteiger partial charge in [-0.2, -0.15) is 0 Å². The van der Waals surface area contributed by atoms with Crippen molar-refractivity contribution >= 4 is 8.56 Å². The predicted octanol–water partition coefficient (Wildman–Crippen LogP) is 14.7. The summed E-state index contributed by atoms with van der Waals surface area (Å²) in [6, 6.07) is 0. The molecule has 52 heavy (non-hydrogen) atoms. The second kappa shape index (κ2) is 37.3. The molecule has 1 aliphatic carbocycles. The summed E-state index contributed by atoms with van der Waals surface area (Å²) >= 11 is 0. The van der Waals surface area contributed by atoms with E-state index in [1.807, 2.05) is 0 Å². The molecular weight excluding hydrogens is 655 g/mol. The minimum Gasteiger partial charge on any atom is -0.394 e. The Bertz CT molecular complexity index is 805. The Balaban J connectivity index is 2.22. The summed E-state index contributed by atoms with van der Waals surface area (Å²) in [7, 11) is -0.144. The van der Waals surface area contributed by atoms with Gasteiger partial charge in [0.15, 0.2) is 0 Å². The number of ether oxygens (including phenoxy) is 1. The average Bonchev–Trinajstić information content (AvgIpc) is 3.13. The zero-order valence-corrected chi connectivity index (χ0v) is 36.7. The van der Waals surface area contributed by atoms with E-state index >= 15 is 0 Å². The van der Waals surface area contributed by atoms with Crippen molar-refractivity contribution in [3.63, 3.8) is 0 Å². The van der Waals surface area contributed by atoms with Gasteiger partial charge >= 0.3 is 8.56 Å². The van der Waals surface area contributed by atoms with Gasteiger partial charge < -0.3 is 13.6 Å². The van der Waals surface area contributed by atoms with Crippen LogP contribution >= 0.6 is 0 Å². The number of nitrogens with zero attached hydrogens (tertiary/aromatic N) is 1. The number of rotatable bonds is 39. The van der Waals surface area contributed by atoms with Crippen LogP contribution < -0.4 is 0 Å². The normalized spacial score (nSPS) is 14.8. The molecule has 0 heterocycles. The summed E-state index contributed by atoms with van der Waals surface area (Å²) in [6.07, 6.45) is 54.4. The summed E-state index contributed by atoms with van der Waals surface area (Å²) in [5.74, 6) is 3.78. The van der Waals surface area contributed by atoms with E-state index in [-0.39, 0.29) is 6.29 Å². The van der Waals surface area contributed by atoms with Crippen molar-refractivity contribution in [3.8, 4) is 12.3 Å². The number of allylic oxidation sites excluding steroid dienone is 2. The van der Waals surface area contributed by atoms with Crippen molar-refractivity contribution in [2.24, 2.45) is 5.92 Å². The molecule has 4 nitrogen and oxygen atoms in total. The van der Waals surface area contributed by atoms with Gasteiger partial charge in [0.25, 0.3) is 0 Å². The highest BCUT2D eigenvalue weighted by Gasteiger charge is 2.29. The number of hydrogen-bond acceptors (Lipinski definition) is 4. The molecule has 0 N–H and O–H groups in total. The molecule has 0 aliphatic heterocycles. The van der Waals surface area contributed by atoms with Crippen LogP contribution in [0.25, 0.3) is 0 Å². The molecule has 0 aromatic rings. The first-order chi connectivity index (χ1) is 25.5. The van der Waals surface area contributed by atoms with Crippen LogP contribution in [0.4, 0.5) is 0 Å². The van der Waals surface area contributed by atoms with Gasteiger partial charge in [0.2, 0.25) is 0 Å². The van der Waals surface area contributed by atoms with Gasteiger partial charge in [-0.1, -0.05) is 179 Å². The van der Waals surface area contributed by atoms with Crippen LogP contribution in [0.15, 0.2) is 12.2 Å². The lowest BCUT2D eigenvalue weighted by Gasteiger charge is -2.29. The highest BCUT2D eigenvalue weighted by atomic mass is 28.4. The summed E-state index contributed by atoms with van der Waals surface area (Å²) in [6.45, 7) is 10.1. The topological polar surface area (TPSA) is 30.9 Å². The molecule has 0 aromatic heterocycles. The molecule has 5 heteroatoms. The molecule has 1 rings (SSSR count). The molecule has 0 spiro atoms. The molecule has 1 aliphatic rings. The molecule has 0 amide bonds. The maximum atomic E-state index is 6.63. The van der Waals surface area contributed by atoms with E-state index in [1.165, 1.54) is 193 Å². The van der Waals surface area contributed by atoms with Crippen molar-refractivity contribution in [2.45, 2.75) is 238 Å². The van der Waals surface area contributed by atoms with E-state index in [1.54, 1.807) is 0 Å². The Labute approximate surface area is 328 Å². The Hall–Kier alpha value is -0.643. The lowest BCUT2D eigenvalue weighted by atomic mass is 9.85. The third kappa shape index (κ3) is 33.9. The molecule has 1 atom stereocenters. The molecule has 1 fully saturated rings. The minimum absolute atomic E-state index is 0.119. The number of hydrogen-bond donors (Lipinski definition) is 0. The fourth-order valence-corrected chi connectivity index (χ4v) is 9.28. The van der Waals surface area contributed by atoms with Crippen LogP contribution in [0.1, 0.15) is 219 Å². The lowest BCUT2D eigenvalue weighted by Crippen LogP contribution is -2.40. The number of unbranched alkanes of at least 4 members (excludes halogenated alkanes) is 22. The smallest absolute Gasteiger partial charge is 0.333 e. The largest absolute Gasteiger partial charge is 0.394 e. The summed E-state index contributed by atoms with van der Waals surface area (Å²) in [4.78, 5) is 2.22. The van der Waals surface area contributed by atoms with Crippen molar-refractivity contribution in [1.29, 1.82) is 0 Å². The van der Waals surface area contributed by atoms with Gasteiger partial charge in [0.1, 0.15) is 6.29 Å². The van der Waals surface area contributed by atoms with Crippen LogP contribution in [-0.2, 0) is 13.6 Å². The first-order valence-electron chi connectivity index (χ1n) is 23.2. The van der Waals surface area contributed by atoms with E-state index < -0.39 is 8.56 Å². The van der Waals surface area contributed by atoms with Crippen molar-refractivity contribution in [1.82, 2.24) is 4.90 Å². The summed E-state index contributed by atoms with van der Waals surface area (Å²) in [5, 5.41) is 0. The number of terminal acetylenes is 1. The molecule has 0 radical (unpaired) electrons. The molecule has 306 valence electrons. The maximum Gasteiger partial charge on any atom is 0.333 e. The molecule has 0 saturated heterocycles. The quantitative estimate of drug-likeness (QED) is 0.0206. The van der Waals surface area contributed by atoms with Crippen molar-refractivity contribution < 1.29 is 13.6 Å². The van der Waals surface area contributed by atoms with Gasteiger partial charge in [0.05, 0.1) is 6.54 Å². The highest BCUT2D eigenvalue weighted by Crippen LogP contribution is 2.28. The van der Waals surface area contributed by atoms with E-state index in [4.69, 9.17) is 20.0 Å². The van der Waals surface area contributed by atoms with Gasteiger partial charge in [-0.05, 0) is 90.4 Å². The Morgan fingerprint density at radius 1 is 0.654 bits per heavy atom. The summed E-state index contributed by atoms with van der Waals surface area (Å²) < 4.78 is 19.4. The Morgan fingerprint density at radius 3 is 1.79 bits per heavy atom. The lowest BCUT2D eigenvalue weighted by molar-refractivity contribution is -0.104. The molecule has 0 aromatic carbocycles.